The molecule has 0 saturated heterocycles. The van der Waals surface area contributed by atoms with Gasteiger partial charge in [0.15, 0.2) is 11.6 Å². The average Bonchev–Trinajstić information content (AvgIpc) is 1.96. The highest BCUT2D eigenvalue weighted by molar-refractivity contribution is 9.10. The van der Waals surface area contributed by atoms with Crippen molar-refractivity contribution in [1.82, 2.24) is 0 Å². The van der Waals surface area contributed by atoms with Gasteiger partial charge in [0.1, 0.15) is 0 Å². The van der Waals surface area contributed by atoms with Gasteiger partial charge in [-0.1, -0.05) is 15.9 Å². The zero-order chi connectivity index (χ0) is 9.14. The van der Waals surface area contributed by atoms with Gasteiger partial charge in [-0.2, -0.15) is 0 Å². The van der Waals surface area contributed by atoms with Gasteiger partial charge in [-0.15, -0.1) is 0 Å². The van der Waals surface area contributed by atoms with Crippen LogP contribution in [0.5, 0.6) is 5.75 Å². The van der Waals surface area contributed by atoms with E-state index >= 15 is 0 Å². The van der Waals surface area contributed by atoms with Gasteiger partial charge in [0, 0.05) is 4.47 Å². The van der Waals surface area contributed by atoms with Crippen molar-refractivity contribution >= 4 is 28.1 Å². The minimum absolute atomic E-state index is 0.0778. The molecule has 2 N–H and O–H groups in total. The molecule has 0 saturated carbocycles. The molecule has 64 valence electrons. The summed E-state index contributed by atoms with van der Waals surface area (Å²) in [7, 11) is 0. The molecule has 0 aliphatic rings. The van der Waals surface area contributed by atoms with Gasteiger partial charge in [-0.3, -0.25) is 4.79 Å². The maximum atomic E-state index is 12.9. The fraction of sp³-hybridized carbons (Fsp3) is 0. The molecule has 1 rings (SSSR count). The average molecular weight is 234 g/mol. The van der Waals surface area contributed by atoms with E-state index in [1.807, 2.05) is 0 Å². The lowest BCUT2D eigenvalue weighted by atomic mass is 10.3. The smallest absolute Gasteiger partial charge is 0.298 e. The van der Waals surface area contributed by atoms with Crippen molar-refractivity contribution in [2.45, 2.75) is 0 Å². The summed E-state index contributed by atoms with van der Waals surface area (Å²) in [6.45, 7) is 0.128. The van der Waals surface area contributed by atoms with E-state index in [0.29, 0.717) is 4.47 Å². The molecule has 0 aromatic heterocycles. The molecule has 0 atom stereocenters. The van der Waals surface area contributed by atoms with Crippen molar-refractivity contribution in [2.75, 3.05) is 5.73 Å². The number of hydrogen-bond donors (Lipinski definition) is 1. The highest BCUT2D eigenvalue weighted by Gasteiger charge is 2.08. The maximum absolute atomic E-state index is 12.9. The topological polar surface area (TPSA) is 52.3 Å². The van der Waals surface area contributed by atoms with Crippen LogP contribution in [0.2, 0.25) is 0 Å². The molecular weight excluding hydrogens is 229 g/mol. The third-order valence-electron chi connectivity index (χ3n) is 1.20. The van der Waals surface area contributed by atoms with E-state index in [1.54, 1.807) is 0 Å². The molecule has 0 aliphatic heterocycles. The summed E-state index contributed by atoms with van der Waals surface area (Å²) in [5.41, 5.74) is 5.43. The van der Waals surface area contributed by atoms with E-state index in [2.05, 4.69) is 20.7 Å². The number of halogens is 2. The van der Waals surface area contributed by atoms with E-state index < -0.39 is 5.82 Å². The minimum Gasteiger partial charge on any atom is -0.423 e. The molecule has 0 heterocycles. The van der Waals surface area contributed by atoms with E-state index in [0.717, 1.165) is 6.07 Å². The molecule has 0 unspecified atom stereocenters. The van der Waals surface area contributed by atoms with Crippen molar-refractivity contribution in [3.05, 3.63) is 22.4 Å². The summed E-state index contributed by atoms with van der Waals surface area (Å²) in [6, 6.07) is 2.61. The van der Waals surface area contributed by atoms with Crippen molar-refractivity contribution in [2.24, 2.45) is 0 Å². The first-order chi connectivity index (χ1) is 5.65. The summed E-state index contributed by atoms with van der Waals surface area (Å²) in [5, 5.41) is 0. The summed E-state index contributed by atoms with van der Waals surface area (Å²) >= 11 is 3.03. The van der Waals surface area contributed by atoms with E-state index in [9.17, 15) is 9.18 Å². The Kier molecular flexibility index (Phi) is 2.65. The van der Waals surface area contributed by atoms with Gasteiger partial charge in [0.05, 0.1) is 5.69 Å². The fourth-order valence-corrected chi connectivity index (χ4v) is 1.20. The van der Waals surface area contributed by atoms with Crippen LogP contribution in [-0.4, -0.2) is 6.47 Å². The number of nitrogens with two attached hydrogens (primary N) is 1. The Labute approximate surface area is 76.4 Å². The molecule has 1 aromatic rings. The number of carbonyl (C=O) groups excluding carboxylic acids is 1. The molecule has 0 radical (unpaired) electrons. The number of rotatable bonds is 2. The van der Waals surface area contributed by atoms with Crippen LogP contribution in [0.15, 0.2) is 16.6 Å². The molecule has 1 aromatic carbocycles. The lowest BCUT2D eigenvalue weighted by molar-refractivity contribution is -0.120. The normalized spacial score (nSPS) is 9.50. The van der Waals surface area contributed by atoms with E-state index in [-0.39, 0.29) is 17.9 Å². The van der Waals surface area contributed by atoms with Crippen LogP contribution in [0.1, 0.15) is 0 Å². The minimum atomic E-state index is -0.672. The van der Waals surface area contributed by atoms with Gasteiger partial charge in [0.25, 0.3) is 6.47 Å². The second-order valence-corrected chi connectivity index (χ2v) is 2.94. The first-order valence-corrected chi connectivity index (χ1v) is 3.79. The number of anilines is 1. The number of ether oxygens (including phenoxy) is 1. The standard InChI is InChI=1S/C7H5BrFNO2/c8-4-1-5(9)7(12-3-11)6(10)2-4/h1-3H,10H2. The summed E-state index contributed by atoms with van der Waals surface area (Å²) in [6.07, 6.45) is 0. The quantitative estimate of drug-likeness (QED) is 0.625. The molecular formula is C7H5BrFNO2. The van der Waals surface area contributed by atoms with Crippen LogP contribution in [0.25, 0.3) is 0 Å². The predicted molar refractivity (Wildman–Crippen MR) is 45.2 cm³/mol. The monoisotopic (exact) mass is 233 g/mol. The van der Waals surface area contributed by atoms with Crippen LogP contribution in [0, 0.1) is 5.82 Å². The van der Waals surface area contributed by atoms with Crippen molar-refractivity contribution in [3.8, 4) is 5.75 Å². The van der Waals surface area contributed by atoms with Crippen LogP contribution < -0.4 is 10.5 Å². The third kappa shape index (κ3) is 1.73. The summed E-state index contributed by atoms with van der Waals surface area (Å²) < 4.78 is 17.7. The van der Waals surface area contributed by atoms with E-state index in [1.165, 1.54) is 6.07 Å². The second-order valence-electron chi connectivity index (χ2n) is 2.02. The van der Waals surface area contributed by atoms with Crippen LogP contribution in [0.3, 0.4) is 0 Å². The Hall–Kier alpha value is -1.10. The van der Waals surface area contributed by atoms with E-state index in [4.69, 9.17) is 5.73 Å². The zero-order valence-corrected chi connectivity index (χ0v) is 7.47. The molecule has 0 spiro atoms. The Morgan fingerprint density at radius 3 is 2.75 bits per heavy atom. The predicted octanol–water partition coefficient (Wildman–Crippen LogP) is 1.71. The largest absolute Gasteiger partial charge is 0.423 e. The Morgan fingerprint density at radius 1 is 1.58 bits per heavy atom. The number of nitrogen functional groups attached to an aromatic ring is 1. The molecule has 0 amide bonds. The highest BCUT2D eigenvalue weighted by Crippen LogP contribution is 2.28. The van der Waals surface area contributed by atoms with Crippen molar-refractivity contribution < 1.29 is 13.9 Å². The lowest BCUT2D eigenvalue weighted by Crippen LogP contribution is -1.97. The summed E-state index contributed by atoms with van der Waals surface area (Å²) in [5.74, 6) is -0.915. The second kappa shape index (κ2) is 3.53. The van der Waals surface area contributed by atoms with Crippen LogP contribution in [0.4, 0.5) is 10.1 Å². The third-order valence-corrected chi connectivity index (χ3v) is 1.66. The van der Waals surface area contributed by atoms with Gasteiger partial charge in [-0.25, -0.2) is 4.39 Å². The van der Waals surface area contributed by atoms with Gasteiger partial charge in [0.2, 0.25) is 0 Å². The van der Waals surface area contributed by atoms with Crippen LogP contribution in [-0.2, 0) is 4.79 Å². The highest BCUT2D eigenvalue weighted by atomic mass is 79.9. The van der Waals surface area contributed by atoms with Crippen molar-refractivity contribution in [3.63, 3.8) is 0 Å². The van der Waals surface area contributed by atoms with Gasteiger partial charge >= 0.3 is 0 Å². The van der Waals surface area contributed by atoms with Gasteiger partial charge < -0.3 is 10.5 Å². The zero-order valence-electron chi connectivity index (χ0n) is 5.88. The molecule has 0 fully saturated rings. The molecule has 3 nitrogen and oxygen atoms in total. The SMILES string of the molecule is Nc1cc(Br)cc(F)c1OC=O. The lowest BCUT2D eigenvalue weighted by Gasteiger charge is -2.03. The molecule has 5 heteroatoms. The number of benzene rings is 1. The Balaban J connectivity index is 3.18. The molecule has 0 aliphatic carbocycles. The molecule has 12 heavy (non-hydrogen) atoms. The number of carbonyl (C=O) groups is 1. The maximum Gasteiger partial charge on any atom is 0.298 e. The fourth-order valence-electron chi connectivity index (χ4n) is 0.753. The summed E-state index contributed by atoms with van der Waals surface area (Å²) in [4.78, 5) is 9.91. The first-order valence-electron chi connectivity index (χ1n) is 3.00. The Bertz CT molecular complexity index is 293. The number of hydrogen-bond acceptors (Lipinski definition) is 3. The molecule has 0 bridgehead atoms. The Morgan fingerprint density at radius 2 is 2.25 bits per heavy atom. The van der Waals surface area contributed by atoms with Gasteiger partial charge in [-0.05, 0) is 12.1 Å². The first kappa shape index (κ1) is 8.99. The van der Waals surface area contributed by atoms with Crippen molar-refractivity contribution in [1.29, 1.82) is 0 Å². The van der Waals surface area contributed by atoms with Crippen LogP contribution >= 0.6 is 15.9 Å².